The van der Waals surface area contributed by atoms with E-state index >= 15 is 0 Å². The molecule has 1 saturated heterocycles. The van der Waals surface area contributed by atoms with Gasteiger partial charge in [0, 0.05) is 45.3 Å². The standard InChI is InChI=1S/C24H31N5O/c1-19(2)16-23-26-21-9-3-4-10-22(21)29(23)18-24(30)28-13-7-12-27(14-15-28)17-20-8-5-6-11-25-20/h3-6,8-11,19H,7,12-18H2,1-2H3. The Morgan fingerprint density at radius 2 is 1.87 bits per heavy atom. The first-order chi connectivity index (χ1) is 14.6. The predicted molar refractivity (Wildman–Crippen MR) is 119 cm³/mol. The van der Waals surface area contributed by atoms with E-state index in [0.29, 0.717) is 12.5 Å². The number of pyridine rings is 1. The number of imidazole rings is 1. The maximum absolute atomic E-state index is 13.2. The van der Waals surface area contributed by atoms with E-state index < -0.39 is 0 Å². The van der Waals surface area contributed by atoms with Gasteiger partial charge in [0.05, 0.1) is 16.7 Å². The van der Waals surface area contributed by atoms with Crippen LogP contribution in [0.15, 0.2) is 48.7 Å². The minimum Gasteiger partial charge on any atom is -0.340 e. The Kier molecular flexibility index (Phi) is 6.43. The average molecular weight is 406 g/mol. The van der Waals surface area contributed by atoms with Crippen molar-refractivity contribution in [1.29, 1.82) is 0 Å². The summed E-state index contributed by atoms with van der Waals surface area (Å²) in [6, 6.07) is 14.2. The molecule has 30 heavy (non-hydrogen) atoms. The highest BCUT2D eigenvalue weighted by atomic mass is 16.2. The molecule has 1 fully saturated rings. The minimum atomic E-state index is 0.183. The molecule has 2 aromatic heterocycles. The molecular weight excluding hydrogens is 374 g/mol. The molecule has 0 radical (unpaired) electrons. The van der Waals surface area contributed by atoms with Crippen LogP contribution in [0.1, 0.15) is 31.8 Å². The number of aromatic nitrogens is 3. The molecule has 1 aliphatic heterocycles. The van der Waals surface area contributed by atoms with E-state index in [4.69, 9.17) is 4.98 Å². The fraction of sp³-hybridized carbons (Fsp3) is 0.458. The molecule has 4 rings (SSSR count). The van der Waals surface area contributed by atoms with Crippen molar-refractivity contribution >= 4 is 16.9 Å². The largest absolute Gasteiger partial charge is 0.340 e. The zero-order valence-electron chi connectivity index (χ0n) is 18.0. The number of rotatable bonds is 6. The van der Waals surface area contributed by atoms with E-state index in [-0.39, 0.29) is 5.91 Å². The third-order valence-electron chi connectivity index (χ3n) is 5.67. The van der Waals surface area contributed by atoms with Gasteiger partial charge in [-0.2, -0.15) is 0 Å². The molecule has 1 amide bonds. The summed E-state index contributed by atoms with van der Waals surface area (Å²) < 4.78 is 2.12. The first-order valence-electron chi connectivity index (χ1n) is 10.9. The highest BCUT2D eigenvalue weighted by Crippen LogP contribution is 2.19. The van der Waals surface area contributed by atoms with Crippen molar-refractivity contribution in [2.24, 2.45) is 5.92 Å². The number of hydrogen-bond donors (Lipinski definition) is 0. The van der Waals surface area contributed by atoms with E-state index in [9.17, 15) is 4.79 Å². The van der Waals surface area contributed by atoms with Gasteiger partial charge in [-0.1, -0.05) is 32.0 Å². The quantitative estimate of drug-likeness (QED) is 0.631. The molecule has 6 nitrogen and oxygen atoms in total. The van der Waals surface area contributed by atoms with Crippen LogP contribution in [0.3, 0.4) is 0 Å². The Balaban J connectivity index is 1.44. The van der Waals surface area contributed by atoms with E-state index in [1.165, 1.54) is 0 Å². The van der Waals surface area contributed by atoms with Crippen LogP contribution in [-0.2, 0) is 24.3 Å². The summed E-state index contributed by atoms with van der Waals surface area (Å²) in [5, 5.41) is 0. The number of para-hydroxylation sites is 2. The summed E-state index contributed by atoms with van der Waals surface area (Å²) in [5.74, 6) is 1.68. The number of carbonyl (C=O) groups is 1. The molecule has 3 heterocycles. The molecule has 1 aliphatic rings. The van der Waals surface area contributed by atoms with Crippen LogP contribution in [0.4, 0.5) is 0 Å². The fourth-order valence-corrected chi connectivity index (χ4v) is 4.16. The molecule has 158 valence electrons. The predicted octanol–water partition coefficient (Wildman–Crippen LogP) is 3.36. The monoisotopic (exact) mass is 405 g/mol. The van der Waals surface area contributed by atoms with Gasteiger partial charge in [-0.05, 0) is 36.6 Å². The summed E-state index contributed by atoms with van der Waals surface area (Å²) in [6.45, 7) is 9.03. The first-order valence-corrected chi connectivity index (χ1v) is 10.9. The highest BCUT2D eigenvalue weighted by molar-refractivity contribution is 5.81. The molecule has 0 bridgehead atoms. The normalized spacial score (nSPS) is 15.6. The van der Waals surface area contributed by atoms with Crippen LogP contribution in [0.25, 0.3) is 11.0 Å². The van der Waals surface area contributed by atoms with Gasteiger partial charge in [0.2, 0.25) is 5.91 Å². The van der Waals surface area contributed by atoms with E-state index in [1.807, 2.05) is 41.4 Å². The van der Waals surface area contributed by atoms with Gasteiger partial charge in [-0.15, -0.1) is 0 Å². The zero-order chi connectivity index (χ0) is 20.9. The summed E-state index contributed by atoms with van der Waals surface area (Å²) >= 11 is 0. The molecule has 3 aromatic rings. The Morgan fingerprint density at radius 1 is 1.03 bits per heavy atom. The molecule has 0 unspecified atom stereocenters. The van der Waals surface area contributed by atoms with E-state index in [2.05, 4.69) is 40.4 Å². The maximum Gasteiger partial charge on any atom is 0.242 e. The van der Waals surface area contributed by atoms with E-state index in [0.717, 1.165) is 68.1 Å². The van der Waals surface area contributed by atoms with Gasteiger partial charge in [0.1, 0.15) is 12.4 Å². The van der Waals surface area contributed by atoms with Crippen molar-refractivity contribution in [2.75, 3.05) is 26.2 Å². The van der Waals surface area contributed by atoms with Crippen LogP contribution in [0.2, 0.25) is 0 Å². The van der Waals surface area contributed by atoms with Gasteiger partial charge in [-0.3, -0.25) is 14.7 Å². The van der Waals surface area contributed by atoms with Crippen molar-refractivity contribution in [3.05, 3.63) is 60.2 Å². The number of fused-ring (bicyclic) bond motifs is 1. The number of amides is 1. The van der Waals surface area contributed by atoms with Crippen molar-refractivity contribution in [1.82, 2.24) is 24.3 Å². The van der Waals surface area contributed by atoms with Gasteiger partial charge in [0.25, 0.3) is 0 Å². The van der Waals surface area contributed by atoms with Crippen molar-refractivity contribution < 1.29 is 4.79 Å². The second-order valence-corrected chi connectivity index (χ2v) is 8.53. The summed E-state index contributed by atoms with van der Waals surface area (Å²) in [4.78, 5) is 26.9. The van der Waals surface area contributed by atoms with Gasteiger partial charge in [0.15, 0.2) is 0 Å². The van der Waals surface area contributed by atoms with Gasteiger partial charge >= 0.3 is 0 Å². The second kappa shape index (κ2) is 9.39. The number of nitrogens with zero attached hydrogens (tertiary/aromatic N) is 5. The third kappa shape index (κ3) is 4.87. The minimum absolute atomic E-state index is 0.183. The van der Waals surface area contributed by atoms with E-state index in [1.54, 1.807) is 0 Å². The van der Waals surface area contributed by atoms with Crippen LogP contribution < -0.4 is 0 Å². The SMILES string of the molecule is CC(C)Cc1nc2ccccc2n1CC(=O)N1CCCN(Cc2ccccn2)CC1. The maximum atomic E-state index is 13.2. The third-order valence-corrected chi connectivity index (χ3v) is 5.67. The van der Waals surface area contributed by atoms with Crippen LogP contribution in [-0.4, -0.2) is 56.4 Å². The summed E-state index contributed by atoms with van der Waals surface area (Å²) in [6.07, 6.45) is 3.70. The molecular formula is C24H31N5O. The Bertz CT molecular complexity index is 982. The van der Waals surface area contributed by atoms with Gasteiger partial charge in [-0.25, -0.2) is 4.98 Å². The molecule has 0 N–H and O–H groups in total. The lowest BCUT2D eigenvalue weighted by Crippen LogP contribution is -2.37. The lowest BCUT2D eigenvalue weighted by molar-refractivity contribution is -0.131. The molecule has 0 aliphatic carbocycles. The Hall–Kier alpha value is -2.73. The summed E-state index contributed by atoms with van der Waals surface area (Å²) in [5.41, 5.74) is 3.10. The molecule has 0 spiro atoms. The number of benzene rings is 1. The Labute approximate surface area is 178 Å². The smallest absolute Gasteiger partial charge is 0.242 e. The lowest BCUT2D eigenvalue weighted by atomic mass is 10.1. The highest BCUT2D eigenvalue weighted by Gasteiger charge is 2.22. The number of carbonyl (C=O) groups excluding carboxylic acids is 1. The van der Waals surface area contributed by atoms with Crippen molar-refractivity contribution in [3.63, 3.8) is 0 Å². The second-order valence-electron chi connectivity index (χ2n) is 8.53. The molecule has 6 heteroatoms. The van der Waals surface area contributed by atoms with Crippen molar-refractivity contribution in [2.45, 2.75) is 39.8 Å². The topological polar surface area (TPSA) is 54.3 Å². The molecule has 0 saturated carbocycles. The molecule has 0 atom stereocenters. The Morgan fingerprint density at radius 3 is 2.67 bits per heavy atom. The average Bonchev–Trinajstić information content (AvgIpc) is 2.91. The van der Waals surface area contributed by atoms with Crippen LogP contribution >= 0.6 is 0 Å². The van der Waals surface area contributed by atoms with Gasteiger partial charge < -0.3 is 9.47 Å². The lowest BCUT2D eigenvalue weighted by Gasteiger charge is -2.22. The fourth-order valence-electron chi connectivity index (χ4n) is 4.16. The molecule has 1 aromatic carbocycles. The van der Waals surface area contributed by atoms with Crippen LogP contribution in [0.5, 0.6) is 0 Å². The van der Waals surface area contributed by atoms with Crippen molar-refractivity contribution in [3.8, 4) is 0 Å². The zero-order valence-corrected chi connectivity index (χ0v) is 18.0. The summed E-state index contributed by atoms with van der Waals surface area (Å²) in [7, 11) is 0. The first kappa shape index (κ1) is 20.5. The van der Waals surface area contributed by atoms with Crippen LogP contribution in [0, 0.1) is 5.92 Å². The number of hydrogen-bond acceptors (Lipinski definition) is 4.